The van der Waals surface area contributed by atoms with Gasteiger partial charge in [0.2, 0.25) is 0 Å². The fourth-order valence-electron chi connectivity index (χ4n) is 3.42. The summed E-state index contributed by atoms with van der Waals surface area (Å²) in [6, 6.07) is 14.8. The fourth-order valence-corrected chi connectivity index (χ4v) is 3.62. The highest BCUT2D eigenvalue weighted by atomic mass is 35.5. The Balaban J connectivity index is 1.80. The molecule has 0 saturated heterocycles. The molecule has 0 N–H and O–H groups in total. The maximum absolute atomic E-state index is 13.2. The van der Waals surface area contributed by atoms with Gasteiger partial charge in [-0.05, 0) is 29.8 Å². The van der Waals surface area contributed by atoms with Gasteiger partial charge in [0.25, 0.3) is 5.56 Å². The highest BCUT2D eigenvalue weighted by Gasteiger charge is 2.19. The Morgan fingerprint density at radius 2 is 1.90 bits per heavy atom. The van der Waals surface area contributed by atoms with E-state index in [2.05, 4.69) is 10.1 Å². The molecule has 0 aliphatic heterocycles. The van der Waals surface area contributed by atoms with E-state index in [1.807, 2.05) is 36.4 Å². The normalized spacial score (nSPS) is 11.9. The van der Waals surface area contributed by atoms with Crippen molar-refractivity contribution in [1.29, 1.82) is 0 Å². The average Bonchev–Trinajstić information content (AvgIpc) is 3.09. The molecule has 0 aliphatic rings. The van der Waals surface area contributed by atoms with E-state index in [9.17, 15) is 4.79 Å². The lowest BCUT2D eigenvalue weighted by Crippen LogP contribution is -2.22. The van der Waals surface area contributed by atoms with Crippen molar-refractivity contribution in [3.05, 3.63) is 75.8 Å². The van der Waals surface area contributed by atoms with Crippen LogP contribution in [0.1, 0.15) is 5.56 Å². The molecule has 0 fully saturated rings. The summed E-state index contributed by atoms with van der Waals surface area (Å²) < 4.78 is 8.16. The van der Waals surface area contributed by atoms with Gasteiger partial charge in [0.05, 0.1) is 30.4 Å². The van der Waals surface area contributed by atoms with Crippen molar-refractivity contribution in [1.82, 2.24) is 24.2 Å². The Labute approximate surface area is 181 Å². The Morgan fingerprint density at radius 1 is 1.10 bits per heavy atom. The lowest BCUT2D eigenvalue weighted by atomic mass is 10.2. The van der Waals surface area contributed by atoms with Crippen LogP contribution in [-0.2, 0) is 11.3 Å². The van der Waals surface area contributed by atoms with Gasteiger partial charge in [-0.25, -0.2) is 15.0 Å². The first kappa shape index (κ1) is 19.3. The third-order valence-electron chi connectivity index (χ3n) is 4.92. The molecule has 0 bridgehead atoms. The number of nitrogens with zero attached hydrogens (tertiary/aromatic N) is 6. The molecular formula is C22H17ClN6O2. The fraction of sp³-hybridized carbons (Fsp3) is 0.136. The zero-order valence-corrected chi connectivity index (χ0v) is 17.3. The number of methoxy groups -OCH3 is 1. The highest BCUT2D eigenvalue weighted by molar-refractivity contribution is 6.30. The van der Waals surface area contributed by atoms with Crippen molar-refractivity contribution in [2.24, 2.45) is 5.10 Å². The largest absolute Gasteiger partial charge is 0.383 e. The number of hydrogen-bond acceptors (Lipinski definition) is 6. The summed E-state index contributed by atoms with van der Waals surface area (Å²) in [5, 5.41) is 5.55. The molecule has 154 valence electrons. The molecule has 0 atom stereocenters. The van der Waals surface area contributed by atoms with Crippen LogP contribution in [-0.4, -0.2) is 44.1 Å². The van der Waals surface area contributed by atoms with Gasteiger partial charge in [-0.1, -0.05) is 35.9 Å². The number of para-hydroxylation sites is 2. The van der Waals surface area contributed by atoms with E-state index < -0.39 is 0 Å². The molecule has 3 heterocycles. The number of ether oxygens (including phenoxy) is 1. The monoisotopic (exact) mass is 432 g/mol. The van der Waals surface area contributed by atoms with Crippen LogP contribution in [0.5, 0.6) is 0 Å². The third kappa shape index (κ3) is 3.45. The van der Waals surface area contributed by atoms with Crippen molar-refractivity contribution >= 4 is 51.0 Å². The quantitative estimate of drug-likeness (QED) is 0.397. The molecule has 2 aromatic carbocycles. The molecule has 0 radical (unpaired) electrons. The summed E-state index contributed by atoms with van der Waals surface area (Å²) in [5.74, 6) is 0. The van der Waals surface area contributed by atoms with Gasteiger partial charge in [0.15, 0.2) is 11.3 Å². The van der Waals surface area contributed by atoms with Gasteiger partial charge in [-0.3, -0.25) is 9.36 Å². The zero-order valence-electron chi connectivity index (χ0n) is 16.6. The second-order valence-corrected chi connectivity index (χ2v) is 7.37. The standard InChI is InChI=1S/C22H17ClN6O2/c1-31-10-9-28-13-24-20-18(22(28)30)19-21(27-17-8-3-2-7-16(17)26-19)29(20)25-12-14-5-4-6-15(23)11-14/h2-8,11-13H,9-10H2,1H3/b25-12-. The predicted octanol–water partition coefficient (Wildman–Crippen LogP) is 3.48. The van der Waals surface area contributed by atoms with E-state index in [0.29, 0.717) is 51.4 Å². The Morgan fingerprint density at radius 3 is 2.68 bits per heavy atom. The molecule has 0 spiro atoms. The van der Waals surface area contributed by atoms with Crippen LogP contribution in [0.3, 0.4) is 0 Å². The predicted molar refractivity (Wildman–Crippen MR) is 121 cm³/mol. The van der Waals surface area contributed by atoms with Crippen molar-refractivity contribution in [3.8, 4) is 0 Å². The van der Waals surface area contributed by atoms with E-state index in [4.69, 9.17) is 26.3 Å². The summed E-state index contributed by atoms with van der Waals surface area (Å²) in [7, 11) is 1.59. The number of hydrogen-bond donors (Lipinski definition) is 0. The van der Waals surface area contributed by atoms with Crippen LogP contribution in [0, 0.1) is 0 Å². The molecule has 3 aromatic heterocycles. The SMILES string of the molecule is COCCn1cnc2c(c1=O)c1nc3ccccc3nc1n2/N=C\c1cccc(Cl)c1. The topological polar surface area (TPSA) is 87.2 Å². The van der Waals surface area contributed by atoms with Crippen LogP contribution >= 0.6 is 11.6 Å². The van der Waals surface area contributed by atoms with Crippen LogP contribution in [0.2, 0.25) is 5.02 Å². The van der Waals surface area contributed by atoms with Gasteiger partial charge < -0.3 is 4.74 Å². The summed E-state index contributed by atoms with van der Waals surface area (Å²) in [6.07, 6.45) is 3.15. The molecule has 0 unspecified atom stereocenters. The summed E-state index contributed by atoms with van der Waals surface area (Å²) >= 11 is 6.08. The van der Waals surface area contributed by atoms with Gasteiger partial charge in [0, 0.05) is 12.1 Å². The van der Waals surface area contributed by atoms with Crippen molar-refractivity contribution < 1.29 is 4.74 Å². The number of benzene rings is 2. The number of halogens is 1. The Bertz CT molecular complexity index is 1520. The second kappa shape index (κ2) is 7.90. The van der Waals surface area contributed by atoms with E-state index in [1.54, 1.807) is 30.1 Å². The Kier molecular flexibility index (Phi) is 4.93. The van der Waals surface area contributed by atoms with Gasteiger partial charge in [-0.2, -0.15) is 9.78 Å². The van der Waals surface area contributed by atoms with Crippen LogP contribution in [0.25, 0.3) is 33.2 Å². The van der Waals surface area contributed by atoms with Crippen LogP contribution in [0.4, 0.5) is 0 Å². The second-order valence-electron chi connectivity index (χ2n) is 6.93. The summed E-state index contributed by atoms with van der Waals surface area (Å²) in [5.41, 5.74) is 3.30. The van der Waals surface area contributed by atoms with Crippen molar-refractivity contribution in [2.75, 3.05) is 13.7 Å². The van der Waals surface area contributed by atoms with Gasteiger partial charge in [0.1, 0.15) is 17.2 Å². The van der Waals surface area contributed by atoms with Gasteiger partial charge in [-0.15, -0.1) is 0 Å². The molecule has 9 heteroatoms. The maximum atomic E-state index is 13.2. The summed E-state index contributed by atoms with van der Waals surface area (Å²) in [6.45, 7) is 0.783. The minimum Gasteiger partial charge on any atom is -0.383 e. The number of rotatable bonds is 5. The van der Waals surface area contributed by atoms with Crippen molar-refractivity contribution in [2.45, 2.75) is 6.54 Å². The van der Waals surface area contributed by atoms with Crippen LogP contribution in [0.15, 0.2) is 64.8 Å². The minimum absolute atomic E-state index is 0.215. The first-order chi connectivity index (χ1) is 15.2. The molecule has 31 heavy (non-hydrogen) atoms. The Hall–Kier alpha value is -3.62. The van der Waals surface area contributed by atoms with Crippen molar-refractivity contribution in [3.63, 3.8) is 0 Å². The average molecular weight is 433 g/mol. The van der Waals surface area contributed by atoms with E-state index in [1.165, 1.54) is 10.9 Å². The highest BCUT2D eigenvalue weighted by Crippen LogP contribution is 2.24. The molecular weight excluding hydrogens is 416 g/mol. The molecule has 0 amide bonds. The molecule has 5 rings (SSSR count). The maximum Gasteiger partial charge on any atom is 0.265 e. The first-order valence-electron chi connectivity index (χ1n) is 9.61. The van der Waals surface area contributed by atoms with Crippen LogP contribution < -0.4 is 5.56 Å². The lowest BCUT2D eigenvalue weighted by Gasteiger charge is -2.04. The molecule has 5 aromatic rings. The van der Waals surface area contributed by atoms with E-state index >= 15 is 0 Å². The summed E-state index contributed by atoms with van der Waals surface area (Å²) in [4.78, 5) is 27.2. The van der Waals surface area contributed by atoms with E-state index in [-0.39, 0.29) is 5.56 Å². The minimum atomic E-state index is -0.215. The lowest BCUT2D eigenvalue weighted by molar-refractivity contribution is 0.186. The smallest absolute Gasteiger partial charge is 0.265 e. The molecule has 0 aliphatic carbocycles. The third-order valence-corrected chi connectivity index (χ3v) is 5.15. The first-order valence-corrected chi connectivity index (χ1v) is 9.99. The zero-order chi connectivity index (χ0) is 21.4. The molecule has 8 nitrogen and oxygen atoms in total. The number of fused-ring (bicyclic) bond motifs is 4. The molecule has 0 saturated carbocycles. The van der Waals surface area contributed by atoms with E-state index in [0.717, 1.165) is 5.56 Å². The van der Waals surface area contributed by atoms with Gasteiger partial charge >= 0.3 is 0 Å². The number of aromatic nitrogens is 5.